The minimum atomic E-state index is -0.557. The second-order valence-corrected chi connectivity index (χ2v) is 4.99. The Hall–Kier alpha value is -1.11. The first-order chi connectivity index (χ1) is 9.08. The van der Waals surface area contributed by atoms with Gasteiger partial charge in [-0.3, -0.25) is 4.79 Å². The highest BCUT2D eigenvalue weighted by molar-refractivity contribution is 9.10. The molecule has 0 aliphatic carbocycles. The summed E-state index contributed by atoms with van der Waals surface area (Å²) in [6, 6.07) is 4.83. The van der Waals surface area contributed by atoms with E-state index < -0.39 is 6.04 Å². The average Bonchev–Trinajstić information content (AvgIpc) is 2.39. The van der Waals surface area contributed by atoms with Crippen LogP contribution in [-0.4, -0.2) is 32.8 Å². The summed E-state index contributed by atoms with van der Waals surface area (Å²) >= 11 is 3.35. The summed E-state index contributed by atoms with van der Waals surface area (Å²) in [5.74, 6) is 0.369. The molecule has 1 aromatic carbocycles. The molecule has 0 heterocycles. The fourth-order valence-electron chi connectivity index (χ4n) is 1.58. The highest BCUT2D eigenvalue weighted by Gasteiger charge is 2.15. The smallest absolute Gasteiger partial charge is 0.241 e. The molecule has 3 N–H and O–H groups in total. The molecule has 0 fully saturated rings. The third-order valence-corrected chi connectivity index (χ3v) is 3.11. The molecule has 0 spiro atoms. The zero-order valence-electron chi connectivity index (χ0n) is 11.1. The number of benzene rings is 1. The molecule has 1 unspecified atom stereocenters. The van der Waals surface area contributed by atoms with Crippen LogP contribution < -0.4 is 15.8 Å². The molecule has 0 saturated heterocycles. The summed E-state index contributed by atoms with van der Waals surface area (Å²) in [4.78, 5) is 11.9. The van der Waals surface area contributed by atoms with Crippen molar-refractivity contribution in [1.82, 2.24) is 0 Å². The Bertz CT molecular complexity index is 426. The van der Waals surface area contributed by atoms with Crippen LogP contribution >= 0.6 is 15.9 Å². The maximum absolute atomic E-state index is 11.9. The van der Waals surface area contributed by atoms with E-state index in [1.807, 2.05) is 6.07 Å². The maximum Gasteiger partial charge on any atom is 0.241 e. The highest BCUT2D eigenvalue weighted by atomic mass is 79.9. The molecule has 1 rings (SSSR count). The Kier molecular flexibility index (Phi) is 6.83. The number of nitrogens with one attached hydrogen (secondary N) is 1. The third kappa shape index (κ3) is 5.18. The van der Waals surface area contributed by atoms with Gasteiger partial charge < -0.3 is 20.5 Å². The van der Waals surface area contributed by atoms with Crippen LogP contribution in [0.2, 0.25) is 0 Å². The van der Waals surface area contributed by atoms with Gasteiger partial charge in [0.25, 0.3) is 0 Å². The van der Waals surface area contributed by atoms with Crippen LogP contribution in [-0.2, 0) is 9.53 Å². The fourth-order valence-corrected chi connectivity index (χ4v) is 1.94. The Balaban J connectivity index is 2.63. The fraction of sp³-hybridized carbons (Fsp3) is 0.462. The molecular weight excluding hydrogens is 312 g/mol. The quantitative estimate of drug-likeness (QED) is 0.751. The number of carbonyl (C=O) groups excluding carboxylic acids is 1. The van der Waals surface area contributed by atoms with Gasteiger partial charge >= 0.3 is 0 Å². The van der Waals surface area contributed by atoms with Crippen molar-refractivity contribution in [2.24, 2.45) is 5.73 Å². The molecule has 0 aliphatic rings. The molecule has 106 valence electrons. The zero-order chi connectivity index (χ0) is 14.3. The summed E-state index contributed by atoms with van der Waals surface area (Å²) in [6.07, 6.45) is 1.33. The molecule has 0 aromatic heterocycles. The molecule has 0 bridgehead atoms. The number of nitrogens with two attached hydrogens (primary N) is 1. The number of hydrogen-bond acceptors (Lipinski definition) is 4. The Morgan fingerprint density at radius 2 is 2.21 bits per heavy atom. The van der Waals surface area contributed by atoms with Crippen LogP contribution in [0.15, 0.2) is 22.7 Å². The Morgan fingerprint density at radius 3 is 2.84 bits per heavy atom. The van der Waals surface area contributed by atoms with Crippen molar-refractivity contribution in [1.29, 1.82) is 0 Å². The predicted octanol–water partition coefficient (Wildman–Crippen LogP) is 2.15. The van der Waals surface area contributed by atoms with Gasteiger partial charge in [0.2, 0.25) is 5.91 Å². The van der Waals surface area contributed by atoms with E-state index in [0.29, 0.717) is 24.5 Å². The first-order valence-corrected chi connectivity index (χ1v) is 6.76. The lowest BCUT2D eigenvalue weighted by atomic mass is 10.1. The standard InChI is InChI=1S/C13H19BrN2O3/c1-18-7-3-4-10(15)13(17)16-11-8-9(14)5-6-12(11)19-2/h5-6,8,10H,3-4,7,15H2,1-2H3,(H,16,17). The van der Waals surface area contributed by atoms with Gasteiger partial charge in [0.05, 0.1) is 18.8 Å². The molecule has 0 saturated carbocycles. The molecule has 1 atom stereocenters. The number of anilines is 1. The molecule has 1 aromatic rings. The number of ether oxygens (including phenoxy) is 2. The van der Waals surface area contributed by atoms with Gasteiger partial charge in [0.15, 0.2) is 0 Å². The van der Waals surface area contributed by atoms with Crippen molar-refractivity contribution < 1.29 is 14.3 Å². The van der Waals surface area contributed by atoms with E-state index in [0.717, 1.165) is 10.9 Å². The van der Waals surface area contributed by atoms with E-state index in [1.165, 1.54) is 0 Å². The number of rotatable bonds is 7. The number of halogens is 1. The van der Waals surface area contributed by atoms with E-state index >= 15 is 0 Å². The van der Waals surface area contributed by atoms with Gasteiger partial charge in [-0.05, 0) is 31.0 Å². The lowest BCUT2D eigenvalue weighted by molar-refractivity contribution is -0.117. The largest absolute Gasteiger partial charge is 0.495 e. The summed E-state index contributed by atoms with van der Waals surface area (Å²) in [6.45, 7) is 0.598. The molecule has 1 amide bonds. The van der Waals surface area contributed by atoms with Crippen molar-refractivity contribution in [3.05, 3.63) is 22.7 Å². The van der Waals surface area contributed by atoms with E-state index in [4.69, 9.17) is 15.2 Å². The van der Waals surface area contributed by atoms with Gasteiger partial charge in [-0.2, -0.15) is 0 Å². The average molecular weight is 331 g/mol. The first-order valence-electron chi connectivity index (χ1n) is 5.97. The maximum atomic E-state index is 11.9. The summed E-state index contributed by atoms with van der Waals surface area (Å²) in [5, 5.41) is 2.77. The topological polar surface area (TPSA) is 73.6 Å². The Morgan fingerprint density at radius 1 is 1.47 bits per heavy atom. The zero-order valence-corrected chi connectivity index (χ0v) is 12.7. The van der Waals surface area contributed by atoms with Crippen molar-refractivity contribution >= 4 is 27.5 Å². The van der Waals surface area contributed by atoms with Crippen molar-refractivity contribution in [3.63, 3.8) is 0 Å². The lowest BCUT2D eigenvalue weighted by Crippen LogP contribution is -2.35. The van der Waals surface area contributed by atoms with E-state index in [-0.39, 0.29) is 5.91 Å². The number of amides is 1. The normalized spacial score (nSPS) is 12.0. The lowest BCUT2D eigenvalue weighted by Gasteiger charge is -2.14. The van der Waals surface area contributed by atoms with Crippen LogP contribution in [0.4, 0.5) is 5.69 Å². The van der Waals surface area contributed by atoms with Crippen molar-refractivity contribution in [2.75, 3.05) is 26.1 Å². The molecular formula is C13H19BrN2O3. The van der Waals surface area contributed by atoms with Gasteiger partial charge in [-0.15, -0.1) is 0 Å². The van der Waals surface area contributed by atoms with E-state index in [9.17, 15) is 4.79 Å². The molecule has 19 heavy (non-hydrogen) atoms. The number of hydrogen-bond donors (Lipinski definition) is 2. The van der Waals surface area contributed by atoms with Gasteiger partial charge in [-0.25, -0.2) is 0 Å². The number of carbonyl (C=O) groups is 1. The SMILES string of the molecule is COCCCC(N)C(=O)Nc1cc(Br)ccc1OC. The monoisotopic (exact) mass is 330 g/mol. The summed E-state index contributed by atoms with van der Waals surface area (Å²) in [7, 11) is 3.18. The van der Waals surface area contributed by atoms with E-state index in [2.05, 4.69) is 21.2 Å². The van der Waals surface area contributed by atoms with Crippen molar-refractivity contribution in [2.45, 2.75) is 18.9 Å². The molecule has 0 aliphatic heterocycles. The van der Waals surface area contributed by atoms with E-state index in [1.54, 1.807) is 26.4 Å². The number of methoxy groups -OCH3 is 2. The van der Waals surface area contributed by atoms with Crippen LogP contribution in [0, 0.1) is 0 Å². The minimum Gasteiger partial charge on any atom is -0.495 e. The molecule has 5 nitrogen and oxygen atoms in total. The second kappa shape index (κ2) is 8.14. The van der Waals surface area contributed by atoms with Gasteiger partial charge in [-0.1, -0.05) is 15.9 Å². The van der Waals surface area contributed by atoms with Crippen LogP contribution in [0.3, 0.4) is 0 Å². The Labute approximate surface area is 121 Å². The second-order valence-electron chi connectivity index (χ2n) is 4.08. The van der Waals surface area contributed by atoms with Crippen LogP contribution in [0.1, 0.15) is 12.8 Å². The van der Waals surface area contributed by atoms with Gasteiger partial charge in [0.1, 0.15) is 5.75 Å². The first kappa shape index (κ1) is 15.9. The van der Waals surface area contributed by atoms with Crippen LogP contribution in [0.25, 0.3) is 0 Å². The molecule has 0 radical (unpaired) electrons. The minimum absolute atomic E-state index is 0.229. The highest BCUT2D eigenvalue weighted by Crippen LogP contribution is 2.27. The van der Waals surface area contributed by atoms with Crippen molar-refractivity contribution in [3.8, 4) is 5.75 Å². The summed E-state index contributed by atoms with van der Waals surface area (Å²) in [5.41, 5.74) is 6.42. The third-order valence-electron chi connectivity index (χ3n) is 2.62. The summed E-state index contributed by atoms with van der Waals surface area (Å²) < 4.78 is 11.0. The van der Waals surface area contributed by atoms with Crippen LogP contribution in [0.5, 0.6) is 5.75 Å². The molecule has 6 heteroatoms. The van der Waals surface area contributed by atoms with Gasteiger partial charge in [0, 0.05) is 18.2 Å². The predicted molar refractivity (Wildman–Crippen MR) is 78.4 cm³/mol.